The lowest BCUT2D eigenvalue weighted by molar-refractivity contribution is 0.0726. The molecule has 0 saturated carbocycles. The Balaban J connectivity index is 2.22. The molecule has 1 aromatic heterocycles. The first-order chi connectivity index (χ1) is 10.2. The van der Waals surface area contributed by atoms with Crippen LogP contribution in [0.5, 0.6) is 0 Å². The van der Waals surface area contributed by atoms with Crippen LogP contribution in [-0.2, 0) is 4.74 Å². The van der Waals surface area contributed by atoms with Crippen molar-refractivity contribution < 1.29 is 14.6 Å². The number of rotatable bonds is 5. The molecule has 0 radical (unpaired) electrons. The molecule has 2 rings (SSSR count). The smallest absolute Gasteiger partial charge is 0.272 e. The zero-order valence-corrected chi connectivity index (χ0v) is 12.7. The average Bonchev–Trinajstić information content (AvgIpc) is 2.56. The van der Waals surface area contributed by atoms with Gasteiger partial charge in [0.1, 0.15) is 5.69 Å². The summed E-state index contributed by atoms with van der Waals surface area (Å²) in [7, 11) is 0. The Labute approximate surface area is 125 Å². The van der Waals surface area contributed by atoms with Gasteiger partial charge in [-0.15, -0.1) is 0 Å². The van der Waals surface area contributed by atoms with Crippen molar-refractivity contribution in [2.24, 2.45) is 0 Å². The summed E-state index contributed by atoms with van der Waals surface area (Å²) in [5.41, 5.74) is 1.35. The molecule has 0 spiro atoms. The van der Waals surface area contributed by atoms with Gasteiger partial charge in [0.25, 0.3) is 5.91 Å². The molecule has 6 nitrogen and oxygen atoms in total. The second-order valence-electron chi connectivity index (χ2n) is 4.98. The standard InChI is InChI=1S/C15H23N3O3/c1-3-17(4-2)15(20)14-9-12(5-6-16-14)18-7-8-21-11-13(18)10-19/h5-6,9,13,19H,3-4,7-8,10-11H2,1-2H3. The van der Waals surface area contributed by atoms with Crippen LogP contribution in [0.1, 0.15) is 24.3 Å². The summed E-state index contributed by atoms with van der Waals surface area (Å²) in [6, 6.07) is 3.60. The highest BCUT2D eigenvalue weighted by Crippen LogP contribution is 2.20. The third-order valence-electron chi connectivity index (χ3n) is 3.78. The Morgan fingerprint density at radius 1 is 1.52 bits per heavy atom. The van der Waals surface area contributed by atoms with Gasteiger partial charge in [-0.2, -0.15) is 0 Å². The van der Waals surface area contributed by atoms with E-state index in [1.165, 1.54) is 0 Å². The van der Waals surface area contributed by atoms with Gasteiger partial charge in [-0.3, -0.25) is 9.78 Å². The second-order valence-corrected chi connectivity index (χ2v) is 4.98. The summed E-state index contributed by atoms with van der Waals surface area (Å²) < 4.78 is 5.38. The van der Waals surface area contributed by atoms with Crippen LogP contribution < -0.4 is 4.90 Å². The highest BCUT2D eigenvalue weighted by Gasteiger charge is 2.24. The number of aliphatic hydroxyl groups is 1. The summed E-state index contributed by atoms with van der Waals surface area (Å²) in [5.74, 6) is -0.0596. The summed E-state index contributed by atoms with van der Waals surface area (Å²) in [4.78, 5) is 20.4. The number of aromatic nitrogens is 1. The number of morpholine rings is 1. The van der Waals surface area contributed by atoms with Crippen molar-refractivity contribution in [3.63, 3.8) is 0 Å². The number of anilines is 1. The van der Waals surface area contributed by atoms with Crippen molar-refractivity contribution in [1.29, 1.82) is 0 Å². The van der Waals surface area contributed by atoms with Crippen molar-refractivity contribution in [2.45, 2.75) is 19.9 Å². The molecule has 2 heterocycles. The van der Waals surface area contributed by atoms with Gasteiger partial charge in [-0.1, -0.05) is 0 Å². The molecule has 1 aromatic rings. The van der Waals surface area contributed by atoms with E-state index in [0.29, 0.717) is 38.5 Å². The number of ether oxygens (including phenoxy) is 1. The maximum atomic E-state index is 12.4. The molecule has 1 fully saturated rings. The van der Waals surface area contributed by atoms with Crippen molar-refractivity contribution in [2.75, 3.05) is 44.4 Å². The van der Waals surface area contributed by atoms with Crippen molar-refractivity contribution in [3.05, 3.63) is 24.0 Å². The molecule has 21 heavy (non-hydrogen) atoms. The Morgan fingerprint density at radius 3 is 2.95 bits per heavy atom. The minimum absolute atomic E-state index is 0.0294. The Bertz CT molecular complexity index is 477. The van der Waals surface area contributed by atoms with E-state index in [4.69, 9.17) is 4.74 Å². The highest BCUT2D eigenvalue weighted by atomic mass is 16.5. The predicted octanol–water partition coefficient (Wildman–Crippen LogP) is 0.761. The van der Waals surface area contributed by atoms with Crippen molar-refractivity contribution in [1.82, 2.24) is 9.88 Å². The molecule has 1 atom stereocenters. The molecule has 1 aliphatic heterocycles. The van der Waals surface area contributed by atoms with E-state index in [1.54, 1.807) is 17.2 Å². The number of carbonyl (C=O) groups is 1. The summed E-state index contributed by atoms with van der Waals surface area (Å²) >= 11 is 0. The third-order valence-corrected chi connectivity index (χ3v) is 3.78. The van der Waals surface area contributed by atoms with Gasteiger partial charge in [0.2, 0.25) is 0 Å². The Morgan fingerprint density at radius 2 is 2.29 bits per heavy atom. The van der Waals surface area contributed by atoms with Crippen LogP contribution in [0.4, 0.5) is 5.69 Å². The zero-order valence-electron chi connectivity index (χ0n) is 12.7. The first kappa shape index (κ1) is 15.7. The molecule has 6 heteroatoms. The van der Waals surface area contributed by atoms with Crippen LogP contribution in [0.25, 0.3) is 0 Å². The number of hydrogen-bond donors (Lipinski definition) is 1. The van der Waals surface area contributed by atoms with E-state index < -0.39 is 0 Å². The lowest BCUT2D eigenvalue weighted by Gasteiger charge is -2.36. The number of carbonyl (C=O) groups excluding carboxylic acids is 1. The van der Waals surface area contributed by atoms with Gasteiger partial charge in [-0.05, 0) is 26.0 Å². The van der Waals surface area contributed by atoms with Crippen LogP contribution in [0.2, 0.25) is 0 Å². The number of amides is 1. The van der Waals surface area contributed by atoms with Crippen LogP contribution in [0.3, 0.4) is 0 Å². The molecule has 1 unspecified atom stereocenters. The molecule has 1 N–H and O–H groups in total. The summed E-state index contributed by atoms with van der Waals surface area (Å²) in [6.45, 7) is 7.09. The molecule has 0 aliphatic carbocycles. The highest BCUT2D eigenvalue weighted by molar-refractivity contribution is 5.93. The predicted molar refractivity (Wildman–Crippen MR) is 80.5 cm³/mol. The van der Waals surface area contributed by atoms with Gasteiger partial charge in [0, 0.05) is 31.5 Å². The van der Waals surface area contributed by atoms with Gasteiger partial charge in [0.15, 0.2) is 0 Å². The van der Waals surface area contributed by atoms with Gasteiger partial charge < -0.3 is 19.6 Å². The maximum absolute atomic E-state index is 12.4. The molecular formula is C15H23N3O3. The molecule has 1 amide bonds. The van der Waals surface area contributed by atoms with E-state index in [9.17, 15) is 9.90 Å². The quantitative estimate of drug-likeness (QED) is 0.868. The molecular weight excluding hydrogens is 270 g/mol. The Hall–Kier alpha value is -1.66. The molecule has 1 saturated heterocycles. The van der Waals surface area contributed by atoms with Crippen LogP contribution >= 0.6 is 0 Å². The molecule has 0 bridgehead atoms. The zero-order chi connectivity index (χ0) is 15.2. The van der Waals surface area contributed by atoms with Crippen molar-refractivity contribution in [3.8, 4) is 0 Å². The van der Waals surface area contributed by atoms with Gasteiger partial charge >= 0.3 is 0 Å². The van der Waals surface area contributed by atoms with E-state index in [0.717, 1.165) is 5.69 Å². The van der Waals surface area contributed by atoms with E-state index in [-0.39, 0.29) is 18.6 Å². The minimum Gasteiger partial charge on any atom is -0.394 e. The summed E-state index contributed by atoms with van der Waals surface area (Å²) in [5, 5.41) is 9.45. The fourth-order valence-electron chi connectivity index (χ4n) is 2.53. The first-order valence-electron chi connectivity index (χ1n) is 7.41. The van der Waals surface area contributed by atoms with Crippen molar-refractivity contribution >= 4 is 11.6 Å². The number of nitrogens with zero attached hydrogens (tertiary/aromatic N) is 3. The summed E-state index contributed by atoms with van der Waals surface area (Å²) in [6.07, 6.45) is 1.65. The lowest BCUT2D eigenvalue weighted by Crippen LogP contribution is -2.47. The molecule has 116 valence electrons. The van der Waals surface area contributed by atoms with Crippen LogP contribution in [0.15, 0.2) is 18.3 Å². The lowest BCUT2D eigenvalue weighted by atomic mass is 10.2. The molecule has 0 aromatic carbocycles. The molecule has 1 aliphatic rings. The van der Waals surface area contributed by atoms with Gasteiger partial charge in [0.05, 0.1) is 25.9 Å². The monoisotopic (exact) mass is 293 g/mol. The van der Waals surface area contributed by atoms with Crippen LogP contribution in [0, 0.1) is 0 Å². The van der Waals surface area contributed by atoms with E-state index >= 15 is 0 Å². The second kappa shape index (κ2) is 7.38. The third kappa shape index (κ3) is 3.51. The maximum Gasteiger partial charge on any atom is 0.272 e. The fourth-order valence-corrected chi connectivity index (χ4v) is 2.53. The Kier molecular flexibility index (Phi) is 5.52. The normalized spacial score (nSPS) is 18.6. The van der Waals surface area contributed by atoms with Gasteiger partial charge in [-0.25, -0.2) is 0 Å². The SMILES string of the molecule is CCN(CC)C(=O)c1cc(N2CCOCC2CO)ccn1. The number of hydrogen-bond acceptors (Lipinski definition) is 5. The topological polar surface area (TPSA) is 65.9 Å². The number of pyridine rings is 1. The van der Waals surface area contributed by atoms with E-state index in [1.807, 2.05) is 19.9 Å². The average molecular weight is 293 g/mol. The number of aliphatic hydroxyl groups excluding tert-OH is 1. The van der Waals surface area contributed by atoms with Crippen LogP contribution in [-0.4, -0.2) is 66.4 Å². The largest absolute Gasteiger partial charge is 0.394 e. The minimum atomic E-state index is -0.0717. The fraction of sp³-hybridized carbons (Fsp3) is 0.600. The van der Waals surface area contributed by atoms with E-state index in [2.05, 4.69) is 9.88 Å². The first-order valence-corrected chi connectivity index (χ1v) is 7.41.